The Morgan fingerprint density at radius 2 is 2.23 bits per heavy atom. The van der Waals surface area contributed by atoms with Crippen molar-refractivity contribution in [1.82, 2.24) is 10.3 Å². The molecular formula is C9H15FN2S. The average molecular weight is 202 g/mol. The molecule has 0 saturated heterocycles. The van der Waals surface area contributed by atoms with Gasteiger partial charge in [-0.3, -0.25) is 4.39 Å². The second-order valence-electron chi connectivity index (χ2n) is 2.96. The van der Waals surface area contributed by atoms with Crippen molar-refractivity contribution in [3.05, 3.63) is 15.6 Å². The van der Waals surface area contributed by atoms with Crippen LogP contribution in [0.15, 0.2) is 0 Å². The van der Waals surface area contributed by atoms with E-state index in [4.69, 9.17) is 0 Å². The SMILES string of the molecule is Cc1nc(C)c(CNCCCF)s1. The number of aromatic nitrogens is 1. The van der Waals surface area contributed by atoms with Crippen molar-refractivity contribution < 1.29 is 4.39 Å². The van der Waals surface area contributed by atoms with Gasteiger partial charge in [0.1, 0.15) is 0 Å². The van der Waals surface area contributed by atoms with Crippen LogP contribution in [0, 0.1) is 13.8 Å². The highest BCUT2D eigenvalue weighted by atomic mass is 32.1. The Morgan fingerprint density at radius 3 is 2.77 bits per heavy atom. The molecule has 74 valence electrons. The van der Waals surface area contributed by atoms with Gasteiger partial charge in [0, 0.05) is 11.4 Å². The molecule has 0 unspecified atom stereocenters. The van der Waals surface area contributed by atoms with Crippen LogP contribution in [-0.4, -0.2) is 18.2 Å². The van der Waals surface area contributed by atoms with Crippen LogP contribution in [0.3, 0.4) is 0 Å². The molecule has 0 aliphatic heterocycles. The van der Waals surface area contributed by atoms with Crippen LogP contribution in [0.5, 0.6) is 0 Å². The third kappa shape index (κ3) is 3.40. The van der Waals surface area contributed by atoms with Gasteiger partial charge in [0.25, 0.3) is 0 Å². The topological polar surface area (TPSA) is 24.9 Å². The van der Waals surface area contributed by atoms with Crippen LogP contribution in [0.1, 0.15) is 22.0 Å². The predicted octanol–water partition coefficient (Wildman–Crippen LogP) is 2.21. The minimum Gasteiger partial charge on any atom is -0.312 e. The second kappa shape index (κ2) is 5.29. The Kier molecular flexibility index (Phi) is 4.32. The Morgan fingerprint density at radius 1 is 1.46 bits per heavy atom. The molecule has 0 saturated carbocycles. The second-order valence-corrected chi connectivity index (χ2v) is 4.25. The minimum absolute atomic E-state index is 0.242. The molecule has 1 rings (SSSR count). The Labute approximate surface area is 82.2 Å². The van der Waals surface area contributed by atoms with Gasteiger partial charge in [0.05, 0.1) is 17.4 Å². The molecule has 13 heavy (non-hydrogen) atoms. The van der Waals surface area contributed by atoms with Gasteiger partial charge in [-0.25, -0.2) is 4.98 Å². The van der Waals surface area contributed by atoms with Gasteiger partial charge >= 0.3 is 0 Å². The average Bonchev–Trinajstić information content (AvgIpc) is 2.39. The lowest BCUT2D eigenvalue weighted by Crippen LogP contribution is -2.14. The smallest absolute Gasteiger partial charge is 0.0906 e. The first-order valence-electron chi connectivity index (χ1n) is 4.43. The van der Waals surface area contributed by atoms with E-state index in [1.165, 1.54) is 4.88 Å². The molecule has 0 aromatic carbocycles. The number of aryl methyl sites for hydroxylation is 2. The zero-order valence-electron chi connectivity index (χ0n) is 8.06. The molecule has 0 atom stereocenters. The highest BCUT2D eigenvalue weighted by Crippen LogP contribution is 2.16. The van der Waals surface area contributed by atoms with Crippen molar-refractivity contribution in [2.45, 2.75) is 26.8 Å². The summed E-state index contributed by atoms with van der Waals surface area (Å²) >= 11 is 1.71. The maximum Gasteiger partial charge on any atom is 0.0906 e. The minimum atomic E-state index is -0.242. The standard InChI is InChI=1S/C9H15FN2S/c1-7-9(13-8(2)12-7)6-11-5-3-4-10/h11H,3-6H2,1-2H3. The first-order chi connectivity index (χ1) is 6.24. The molecule has 4 heteroatoms. The molecular weight excluding hydrogens is 187 g/mol. The fraction of sp³-hybridized carbons (Fsp3) is 0.667. The van der Waals surface area contributed by atoms with Gasteiger partial charge in [-0.05, 0) is 26.8 Å². The van der Waals surface area contributed by atoms with Gasteiger partial charge in [0.15, 0.2) is 0 Å². The molecule has 0 amide bonds. The number of hydrogen-bond acceptors (Lipinski definition) is 3. The van der Waals surface area contributed by atoms with Gasteiger partial charge in [0.2, 0.25) is 0 Å². The van der Waals surface area contributed by atoms with Crippen molar-refractivity contribution >= 4 is 11.3 Å². The number of hydrogen-bond donors (Lipinski definition) is 1. The molecule has 1 N–H and O–H groups in total. The molecule has 0 radical (unpaired) electrons. The summed E-state index contributed by atoms with van der Waals surface area (Å²) in [6, 6.07) is 0. The van der Waals surface area contributed by atoms with E-state index in [0.29, 0.717) is 6.42 Å². The number of halogens is 1. The van der Waals surface area contributed by atoms with E-state index in [2.05, 4.69) is 10.3 Å². The zero-order valence-corrected chi connectivity index (χ0v) is 8.88. The first kappa shape index (κ1) is 10.6. The summed E-state index contributed by atoms with van der Waals surface area (Å²) in [4.78, 5) is 5.57. The molecule has 0 spiro atoms. The summed E-state index contributed by atoms with van der Waals surface area (Å²) in [5.74, 6) is 0. The molecule has 2 nitrogen and oxygen atoms in total. The van der Waals surface area contributed by atoms with Crippen LogP contribution in [0.2, 0.25) is 0 Å². The van der Waals surface area contributed by atoms with E-state index in [0.717, 1.165) is 23.8 Å². The summed E-state index contributed by atoms with van der Waals surface area (Å²) in [5, 5.41) is 4.28. The Balaban J connectivity index is 2.32. The summed E-state index contributed by atoms with van der Waals surface area (Å²) in [6.07, 6.45) is 0.594. The number of rotatable bonds is 5. The molecule has 0 bridgehead atoms. The fourth-order valence-corrected chi connectivity index (χ4v) is 2.04. The third-order valence-electron chi connectivity index (χ3n) is 1.77. The first-order valence-corrected chi connectivity index (χ1v) is 5.25. The highest BCUT2D eigenvalue weighted by molar-refractivity contribution is 7.11. The number of thiazole rings is 1. The van der Waals surface area contributed by atoms with Crippen LogP contribution >= 0.6 is 11.3 Å². The lowest BCUT2D eigenvalue weighted by Gasteiger charge is -2.00. The summed E-state index contributed by atoms with van der Waals surface area (Å²) < 4.78 is 11.8. The lowest BCUT2D eigenvalue weighted by atomic mass is 10.4. The summed E-state index contributed by atoms with van der Waals surface area (Å²) in [5.41, 5.74) is 1.09. The third-order valence-corrected chi connectivity index (χ3v) is 2.85. The Bertz CT molecular complexity index is 260. The van der Waals surface area contributed by atoms with Crippen molar-refractivity contribution in [2.24, 2.45) is 0 Å². The van der Waals surface area contributed by atoms with Crippen molar-refractivity contribution in [3.8, 4) is 0 Å². The van der Waals surface area contributed by atoms with Gasteiger partial charge in [-0.2, -0.15) is 0 Å². The van der Waals surface area contributed by atoms with Crippen LogP contribution in [0.4, 0.5) is 4.39 Å². The zero-order chi connectivity index (χ0) is 9.68. The quantitative estimate of drug-likeness (QED) is 0.740. The van der Waals surface area contributed by atoms with E-state index in [-0.39, 0.29) is 6.67 Å². The monoisotopic (exact) mass is 202 g/mol. The molecule has 1 aromatic heterocycles. The maximum absolute atomic E-state index is 11.8. The van der Waals surface area contributed by atoms with E-state index in [1.807, 2.05) is 13.8 Å². The predicted molar refractivity (Wildman–Crippen MR) is 53.9 cm³/mol. The lowest BCUT2D eigenvalue weighted by molar-refractivity contribution is 0.459. The molecule has 1 heterocycles. The number of nitrogens with zero attached hydrogens (tertiary/aromatic N) is 1. The Hall–Kier alpha value is -0.480. The van der Waals surface area contributed by atoms with Crippen LogP contribution < -0.4 is 5.32 Å². The number of nitrogens with one attached hydrogen (secondary N) is 1. The van der Waals surface area contributed by atoms with Gasteiger partial charge < -0.3 is 5.32 Å². The van der Waals surface area contributed by atoms with Gasteiger partial charge in [-0.1, -0.05) is 0 Å². The highest BCUT2D eigenvalue weighted by Gasteiger charge is 2.02. The molecule has 0 aliphatic carbocycles. The maximum atomic E-state index is 11.8. The normalized spacial score (nSPS) is 10.7. The van der Waals surface area contributed by atoms with Crippen LogP contribution in [0.25, 0.3) is 0 Å². The molecule has 0 fully saturated rings. The van der Waals surface area contributed by atoms with Crippen molar-refractivity contribution in [2.75, 3.05) is 13.2 Å². The van der Waals surface area contributed by atoms with Crippen molar-refractivity contribution in [3.63, 3.8) is 0 Å². The molecule has 0 aliphatic rings. The molecule has 1 aromatic rings. The summed E-state index contributed by atoms with van der Waals surface area (Å²) in [6.45, 7) is 5.33. The van der Waals surface area contributed by atoms with E-state index in [1.54, 1.807) is 11.3 Å². The van der Waals surface area contributed by atoms with E-state index < -0.39 is 0 Å². The van der Waals surface area contributed by atoms with E-state index in [9.17, 15) is 4.39 Å². The number of alkyl halides is 1. The summed E-state index contributed by atoms with van der Waals surface area (Å²) in [7, 11) is 0. The van der Waals surface area contributed by atoms with Crippen LogP contribution in [-0.2, 0) is 6.54 Å². The van der Waals surface area contributed by atoms with Crippen molar-refractivity contribution in [1.29, 1.82) is 0 Å². The van der Waals surface area contributed by atoms with E-state index >= 15 is 0 Å². The largest absolute Gasteiger partial charge is 0.312 e. The van der Waals surface area contributed by atoms with Gasteiger partial charge in [-0.15, -0.1) is 11.3 Å². The fourth-order valence-electron chi connectivity index (χ4n) is 1.13.